The SMILES string of the molecule is CC1CCC(C(=O)Cc2ccc(Cl)c(Cl)c2)CC1. The van der Waals surface area contributed by atoms with Gasteiger partial charge >= 0.3 is 0 Å². The van der Waals surface area contributed by atoms with Crippen molar-refractivity contribution >= 4 is 29.0 Å². The molecule has 98 valence electrons. The molecule has 0 aromatic heterocycles. The van der Waals surface area contributed by atoms with Gasteiger partial charge in [0.1, 0.15) is 5.78 Å². The normalized spacial score (nSPS) is 23.9. The van der Waals surface area contributed by atoms with Gasteiger partial charge in [0.25, 0.3) is 0 Å². The van der Waals surface area contributed by atoms with Gasteiger partial charge in [-0.3, -0.25) is 4.79 Å². The summed E-state index contributed by atoms with van der Waals surface area (Å²) in [6.07, 6.45) is 4.92. The van der Waals surface area contributed by atoms with E-state index in [-0.39, 0.29) is 5.92 Å². The number of carbonyl (C=O) groups excluding carboxylic acids is 1. The highest BCUT2D eigenvalue weighted by Crippen LogP contribution is 2.30. The zero-order valence-corrected chi connectivity index (χ0v) is 12.1. The van der Waals surface area contributed by atoms with Crippen LogP contribution >= 0.6 is 23.2 Å². The van der Waals surface area contributed by atoms with Crippen LogP contribution in [-0.2, 0) is 11.2 Å². The van der Waals surface area contributed by atoms with Crippen LogP contribution < -0.4 is 0 Å². The fourth-order valence-electron chi connectivity index (χ4n) is 2.58. The smallest absolute Gasteiger partial charge is 0.140 e. The Morgan fingerprint density at radius 1 is 1.17 bits per heavy atom. The molecule has 1 nitrogen and oxygen atoms in total. The summed E-state index contributed by atoms with van der Waals surface area (Å²) in [6.45, 7) is 2.26. The number of hydrogen-bond acceptors (Lipinski definition) is 1. The van der Waals surface area contributed by atoms with Gasteiger partial charge in [-0.2, -0.15) is 0 Å². The number of rotatable bonds is 3. The van der Waals surface area contributed by atoms with Crippen molar-refractivity contribution in [2.75, 3.05) is 0 Å². The standard InChI is InChI=1S/C15H18Cl2O/c1-10-2-5-12(6-3-10)15(18)9-11-4-7-13(16)14(17)8-11/h4,7-8,10,12H,2-3,5-6,9H2,1H3. The average Bonchev–Trinajstić information content (AvgIpc) is 2.34. The van der Waals surface area contributed by atoms with Crippen molar-refractivity contribution in [3.8, 4) is 0 Å². The van der Waals surface area contributed by atoms with Crippen molar-refractivity contribution in [1.82, 2.24) is 0 Å². The highest BCUT2D eigenvalue weighted by atomic mass is 35.5. The molecule has 0 bridgehead atoms. The van der Waals surface area contributed by atoms with Gasteiger partial charge in [-0.15, -0.1) is 0 Å². The molecule has 2 rings (SSSR count). The molecule has 0 heterocycles. The van der Waals surface area contributed by atoms with Gasteiger partial charge in [0, 0.05) is 12.3 Å². The van der Waals surface area contributed by atoms with E-state index in [2.05, 4.69) is 6.92 Å². The van der Waals surface area contributed by atoms with E-state index in [1.807, 2.05) is 6.07 Å². The molecule has 0 amide bonds. The van der Waals surface area contributed by atoms with Gasteiger partial charge in [0.15, 0.2) is 0 Å². The van der Waals surface area contributed by atoms with E-state index in [4.69, 9.17) is 23.2 Å². The monoisotopic (exact) mass is 284 g/mol. The first-order valence-electron chi connectivity index (χ1n) is 6.53. The molecule has 0 N–H and O–H groups in total. The Kier molecular flexibility index (Phi) is 4.69. The Hall–Kier alpha value is -0.530. The molecule has 1 fully saturated rings. The van der Waals surface area contributed by atoms with Gasteiger partial charge in [-0.25, -0.2) is 0 Å². The van der Waals surface area contributed by atoms with Crippen molar-refractivity contribution in [3.05, 3.63) is 33.8 Å². The van der Waals surface area contributed by atoms with Gasteiger partial charge in [0.05, 0.1) is 10.0 Å². The predicted octanol–water partition coefficient (Wildman–Crippen LogP) is 4.93. The lowest BCUT2D eigenvalue weighted by Gasteiger charge is -2.25. The van der Waals surface area contributed by atoms with Gasteiger partial charge in [-0.05, 0) is 36.5 Å². The summed E-state index contributed by atoms with van der Waals surface area (Å²) in [5, 5.41) is 1.07. The van der Waals surface area contributed by atoms with Crippen LogP contribution in [0, 0.1) is 11.8 Å². The fraction of sp³-hybridized carbons (Fsp3) is 0.533. The van der Waals surface area contributed by atoms with Gasteiger partial charge in [0.2, 0.25) is 0 Å². The molecule has 1 aliphatic rings. The van der Waals surface area contributed by atoms with Crippen molar-refractivity contribution < 1.29 is 4.79 Å². The Bertz CT molecular complexity index is 434. The molecule has 0 aliphatic heterocycles. The molecule has 1 aromatic rings. The summed E-state index contributed by atoms with van der Waals surface area (Å²) in [7, 11) is 0. The van der Waals surface area contributed by atoms with E-state index in [1.54, 1.807) is 12.1 Å². The zero-order valence-electron chi connectivity index (χ0n) is 10.6. The second kappa shape index (κ2) is 6.08. The van der Waals surface area contributed by atoms with E-state index in [0.29, 0.717) is 22.2 Å². The zero-order chi connectivity index (χ0) is 13.1. The summed E-state index contributed by atoms with van der Waals surface area (Å²) < 4.78 is 0. The van der Waals surface area contributed by atoms with Crippen molar-refractivity contribution in [2.24, 2.45) is 11.8 Å². The third-order valence-corrected chi connectivity index (χ3v) is 4.57. The molecular formula is C15H18Cl2O. The third-order valence-electron chi connectivity index (χ3n) is 3.83. The quantitative estimate of drug-likeness (QED) is 0.769. The van der Waals surface area contributed by atoms with Crippen LogP contribution in [-0.4, -0.2) is 5.78 Å². The van der Waals surface area contributed by atoms with E-state index in [1.165, 1.54) is 12.8 Å². The summed E-state index contributed by atoms with van der Waals surface area (Å²) in [6, 6.07) is 5.44. The summed E-state index contributed by atoms with van der Waals surface area (Å²) in [5.41, 5.74) is 0.966. The topological polar surface area (TPSA) is 17.1 Å². The number of benzene rings is 1. The van der Waals surface area contributed by atoms with Crippen LogP contribution in [0.5, 0.6) is 0 Å². The summed E-state index contributed by atoms with van der Waals surface area (Å²) >= 11 is 11.8. The van der Waals surface area contributed by atoms with Crippen LogP contribution in [0.15, 0.2) is 18.2 Å². The first-order valence-corrected chi connectivity index (χ1v) is 7.28. The lowest BCUT2D eigenvalue weighted by atomic mass is 9.80. The van der Waals surface area contributed by atoms with E-state index in [9.17, 15) is 4.79 Å². The average molecular weight is 285 g/mol. The minimum absolute atomic E-state index is 0.246. The van der Waals surface area contributed by atoms with Crippen LogP contribution in [0.4, 0.5) is 0 Å². The first-order chi connectivity index (χ1) is 8.56. The van der Waals surface area contributed by atoms with E-state index >= 15 is 0 Å². The number of ketones is 1. The van der Waals surface area contributed by atoms with Gasteiger partial charge < -0.3 is 0 Å². The maximum Gasteiger partial charge on any atom is 0.140 e. The first kappa shape index (κ1) is 13.9. The molecule has 1 saturated carbocycles. The molecule has 0 atom stereocenters. The maximum absolute atomic E-state index is 12.2. The highest BCUT2D eigenvalue weighted by molar-refractivity contribution is 6.42. The Balaban J connectivity index is 1.96. The molecule has 0 spiro atoms. The summed E-state index contributed by atoms with van der Waals surface area (Å²) in [5.74, 6) is 1.37. The Labute approximate surface area is 118 Å². The minimum atomic E-state index is 0.246. The maximum atomic E-state index is 12.2. The number of hydrogen-bond donors (Lipinski definition) is 0. The number of carbonyl (C=O) groups is 1. The fourth-order valence-corrected chi connectivity index (χ4v) is 2.90. The van der Waals surface area contributed by atoms with Crippen molar-refractivity contribution in [3.63, 3.8) is 0 Å². The van der Waals surface area contributed by atoms with Gasteiger partial charge in [-0.1, -0.05) is 49.0 Å². The molecule has 18 heavy (non-hydrogen) atoms. The third kappa shape index (κ3) is 3.49. The molecule has 1 aliphatic carbocycles. The van der Waals surface area contributed by atoms with E-state index < -0.39 is 0 Å². The Morgan fingerprint density at radius 3 is 2.44 bits per heavy atom. The largest absolute Gasteiger partial charge is 0.299 e. The van der Waals surface area contributed by atoms with Crippen LogP contribution in [0.3, 0.4) is 0 Å². The number of Topliss-reactive ketones (excluding diaryl/α,β-unsaturated/α-hetero) is 1. The predicted molar refractivity (Wildman–Crippen MR) is 76.3 cm³/mol. The van der Waals surface area contributed by atoms with Crippen LogP contribution in [0.2, 0.25) is 10.0 Å². The second-order valence-corrected chi connectivity index (χ2v) is 6.16. The van der Waals surface area contributed by atoms with Crippen molar-refractivity contribution in [1.29, 1.82) is 0 Å². The van der Waals surface area contributed by atoms with Crippen LogP contribution in [0.1, 0.15) is 38.2 Å². The van der Waals surface area contributed by atoms with Crippen molar-refractivity contribution in [2.45, 2.75) is 39.0 Å². The molecule has 0 radical (unpaired) electrons. The lowest BCUT2D eigenvalue weighted by molar-refractivity contribution is -0.123. The van der Waals surface area contributed by atoms with Crippen LogP contribution in [0.25, 0.3) is 0 Å². The lowest BCUT2D eigenvalue weighted by Crippen LogP contribution is -2.22. The Morgan fingerprint density at radius 2 is 1.83 bits per heavy atom. The number of halogens is 2. The van der Waals surface area contributed by atoms with E-state index in [0.717, 1.165) is 24.3 Å². The summed E-state index contributed by atoms with van der Waals surface area (Å²) in [4.78, 5) is 12.2. The second-order valence-electron chi connectivity index (χ2n) is 5.35. The molecule has 0 saturated heterocycles. The molecular weight excluding hydrogens is 267 g/mol. The highest BCUT2D eigenvalue weighted by Gasteiger charge is 2.24. The minimum Gasteiger partial charge on any atom is -0.299 e. The molecule has 0 unspecified atom stereocenters. The molecule has 1 aromatic carbocycles. The molecule has 3 heteroatoms.